The van der Waals surface area contributed by atoms with Crippen molar-refractivity contribution >= 4 is 6.29 Å². The Bertz CT molecular complexity index is 102. The molecule has 3 nitrogen and oxygen atoms in total. The van der Waals surface area contributed by atoms with E-state index in [0.717, 1.165) is 12.7 Å². The van der Waals surface area contributed by atoms with Crippen LogP contribution in [-0.2, 0) is 14.3 Å². The van der Waals surface area contributed by atoms with Gasteiger partial charge in [0.2, 0.25) is 0 Å². The average Bonchev–Trinajstić information content (AvgIpc) is 2.33. The van der Waals surface area contributed by atoms with Crippen molar-refractivity contribution in [2.24, 2.45) is 5.92 Å². The second-order valence-electron chi connectivity index (χ2n) is 2.06. The molecule has 3 heteroatoms. The van der Waals surface area contributed by atoms with E-state index in [0.29, 0.717) is 6.61 Å². The molecule has 52 valence electrons. The number of methoxy groups -OCH3 is 1. The van der Waals surface area contributed by atoms with Crippen LogP contribution in [0.25, 0.3) is 0 Å². The molecule has 1 fully saturated rings. The zero-order valence-electron chi connectivity index (χ0n) is 5.37. The molecular formula is C6H10O3. The van der Waals surface area contributed by atoms with Crippen LogP contribution in [0.4, 0.5) is 0 Å². The van der Waals surface area contributed by atoms with E-state index in [2.05, 4.69) is 0 Å². The van der Waals surface area contributed by atoms with Gasteiger partial charge in [-0.05, 0) is 6.42 Å². The van der Waals surface area contributed by atoms with Crippen molar-refractivity contribution < 1.29 is 14.3 Å². The lowest BCUT2D eigenvalue weighted by Gasteiger charge is -2.09. The van der Waals surface area contributed by atoms with Crippen molar-refractivity contribution in [3.63, 3.8) is 0 Å². The molecule has 1 saturated heterocycles. The van der Waals surface area contributed by atoms with E-state index in [1.165, 1.54) is 0 Å². The van der Waals surface area contributed by atoms with Crippen molar-refractivity contribution in [1.82, 2.24) is 0 Å². The molecule has 2 atom stereocenters. The molecule has 1 rings (SSSR count). The van der Waals surface area contributed by atoms with E-state index in [9.17, 15) is 4.79 Å². The van der Waals surface area contributed by atoms with Gasteiger partial charge in [-0.15, -0.1) is 0 Å². The minimum atomic E-state index is -0.289. The Morgan fingerprint density at radius 3 is 3.00 bits per heavy atom. The third-order valence-electron chi connectivity index (χ3n) is 1.49. The minimum Gasteiger partial charge on any atom is -0.355 e. The van der Waals surface area contributed by atoms with Gasteiger partial charge in [0.05, 0.1) is 12.5 Å². The highest BCUT2D eigenvalue weighted by atomic mass is 16.7. The maximum atomic E-state index is 10.2. The molecule has 0 N–H and O–H groups in total. The first-order chi connectivity index (χ1) is 4.38. The number of aldehydes is 1. The van der Waals surface area contributed by atoms with Crippen LogP contribution in [-0.4, -0.2) is 26.3 Å². The Morgan fingerprint density at radius 1 is 1.78 bits per heavy atom. The predicted octanol–water partition coefficient (Wildman–Crippen LogP) is 0.194. The molecular weight excluding hydrogens is 120 g/mol. The second kappa shape index (κ2) is 2.94. The molecule has 0 aromatic carbocycles. The first-order valence-corrected chi connectivity index (χ1v) is 2.98. The predicted molar refractivity (Wildman–Crippen MR) is 30.9 cm³/mol. The van der Waals surface area contributed by atoms with Gasteiger partial charge < -0.3 is 14.3 Å². The zero-order valence-corrected chi connectivity index (χ0v) is 5.37. The van der Waals surface area contributed by atoms with Crippen molar-refractivity contribution in [2.45, 2.75) is 12.7 Å². The maximum Gasteiger partial charge on any atom is 0.166 e. The van der Waals surface area contributed by atoms with Gasteiger partial charge in [-0.3, -0.25) is 0 Å². The lowest BCUT2D eigenvalue weighted by atomic mass is 10.1. The van der Waals surface area contributed by atoms with Crippen LogP contribution in [0.3, 0.4) is 0 Å². The fourth-order valence-electron chi connectivity index (χ4n) is 0.955. The van der Waals surface area contributed by atoms with Gasteiger partial charge in [0, 0.05) is 7.11 Å². The summed E-state index contributed by atoms with van der Waals surface area (Å²) in [5, 5.41) is 0. The monoisotopic (exact) mass is 130 g/mol. The van der Waals surface area contributed by atoms with Crippen molar-refractivity contribution in [3.8, 4) is 0 Å². The lowest BCUT2D eigenvalue weighted by molar-refractivity contribution is -0.131. The first kappa shape index (κ1) is 6.71. The van der Waals surface area contributed by atoms with Crippen LogP contribution in [0.2, 0.25) is 0 Å². The molecule has 0 bridgehead atoms. The van der Waals surface area contributed by atoms with Gasteiger partial charge in [0.1, 0.15) is 6.29 Å². The lowest BCUT2D eigenvalue weighted by Crippen LogP contribution is -2.18. The summed E-state index contributed by atoms with van der Waals surface area (Å²) < 4.78 is 9.91. The topological polar surface area (TPSA) is 35.5 Å². The van der Waals surface area contributed by atoms with E-state index in [1.54, 1.807) is 7.11 Å². The molecule has 1 aliphatic rings. The van der Waals surface area contributed by atoms with Crippen LogP contribution in [0.1, 0.15) is 6.42 Å². The SMILES string of the molecule is COC1OCCC1C=O. The molecule has 0 aliphatic carbocycles. The Labute approximate surface area is 53.9 Å². The Hall–Kier alpha value is -0.410. The molecule has 2 unspecified atom stereocenters. The standard InChI is InChI=1S/C6H10O3/c1-8-6-5(4-7)2-3-9-6/h4-6H,2-3H2,1H3. The van der Waals surface area contributed by atoms with E-state index >= 15 is 0 Å². The summed E-state index contributed by atoms with van der Waals surface area (Å²) in [7, 11) is 1.55. The fraction of sp³-hybridized carbons (Fsp3) is 0.833. The van der Waals surface area contributed by atoms with Crippen LogP contribution in [0.15, 0.2) is 0 Å². The highest BCUT2D eigenvalue weighted by Gasteiger charge is 2.26. The third-order valence-corrected chi connectivity index (χ3v) is 1.49. The molecule has 9 heavy (non-hydrogen) atoms. The van der Waals surface area contributed by atoms with Crippen LogP contribution >= 0.6 is 0 Å². The van der Waals surface area contributed by atoms with Crippen LogP contribution in [0.5, 0.6) is 0 Å². The highest BCUT2D eigenvalue weighted by Crippen LogP contribution is 2.18. The molecule has 0 saturated carbocycles. The molecule has 0 radical (unpaired) electrons. The summed E-state index contributed by atoms with van der Waals surface area (Å²) in [6.07, 6.45) is 1.39. The van der Waals surface area contributed by atoms with Gasteiger partial charge in [-0.2, -0.15) is 0 Å². The minimum absolute atomic E-state index is 0.0463. The molecule has 1 heterocycles. The Kier molecular flexibility index (Phi) is 2.19. The summed E-state index contributed by atoms with van der Waals surface area (Å²) in [6, 6.07) is 0. The van der Waals surface area contributed by atoms with E-state index in [4.69, 9.17) is 9.47 Å². The van der Waals surface area contributed by atoms with Gasteiger partial charge in [0.25, 0.3) is 0 Å². The van der Waals surface area contributed by atoms with E-state index < -0.39 is 0 Å². The molecule has 0 aromatic heterocycles. The van der Waals surface area contributed by atoms with E-state index in [1.807, 2.05) is 0 Å². The second-order valence-corrected chi connectivity index (χ2v) is 2.06. The molecule has 1 aliphatic heterocycles. The summed E-state index contributed by atoms with van der Waals surface area (Å²) >= 11 is 0. The quantitative estimate of drug-likeness (QED) is 0.501. The van der Waals surface area contributed by atoms with E-state index in [-0.39, 0.29) is 12.2 Å². The number of hydrogen-bond donors (Lipinski definition) is 0. The number of ether oxygens (including phenoxy) is 2. The fourth-order valence-corrected chi connectivity index (χ4v) is 0.955. The highest BCUT2D eigenvalue weighted by molar-refractivity contribution is 5.54. The first-order valence-electron chi connectivity index (χ1n) is 2.98. The van der Waals surface area contributed by atoms with Gasteiger partial charge in [-0.1, -0.05) is 0 Å². The van der Waals surface area contributed by atoms with Crippen LogP contribution in [0, 0.1) is 5.92 Å². The third kappa shape index (κ3) is 1.28. The maximum absolute atomic E-state index is 10.2. The molecule has 0 aromatic rings. The van der Waals surface area contributed by atoms with Crippen molar-refractivity contribution in [3.05, 3.63) is 0 Å². The number of hydrogen-bond acceptors (Lipinski definition) is 3. The van der Waals surface area contributed by atoms with Crippen molar-refractivity contribution in [1.29, 1.82) is 0 Å². The Balaban J connectivity index is 2.41. The molecule has 0 spiro atoms. The number of rotatable bonds is 2. The Morgan fingerprint density at radius 2 is 2.56 bits per heavy atom. The van der Waals surface area contributed by atoms with Crippen molar-refractivity contribution in [2.75, 3.05) is 13.7 Å². The van der Waals surface area contributed by atoms with Crippen LogP contribution < -0.4 is 0 Å². The molecule has 0 amide bonds. The normalized spacial score (nSPS) is 34.8. The summed E-state index contributed by atoms with van der Waals surface area (Å²) in [5.74, 6) is -0.0463. The largest absolute Gasteiger partial charge is 0.355 e. The van der Waals surface area contributed by atoms with Gasteiger partial charge in [0.15, 0.2) is 6.29 Å². The van der Waals surface area contributed by atoms with Gasteiger partial charge >= 0.3 is 0 Å². The number of carbonyl (C=O) groups is 1. The smallest absolute Gasteiger partial charge is 0.166 e. The zero-order chi connectivity index (χ0) is 6.69. The van der Waals surface area contributed by atoms with Gasteiger partial charge in [-0.25, -0.2) is 0 Å². The summed E-state index contributed by atoms with van der Waals surface area (Å²) in [6.45, 7) is 0.641. The number of carbonyl (C=O) groups excluding carboxylic acids is 1. The summed E-state index contributed by atoms with van der Waals surface area (Å²) in [5.41, 5.74) is 0. The summed E-state index contributed by atoms with van der Waals surface area (Å²) in [4.78, 5) is 10.2. The average molecular weight is 130 g/mol.